The molecule has 2 N–H and O–H groups in total. The van der Waals surface area contributed by atoms with E-state index in [1.54, 1.807) is 0 Å². The summed E-state index contributed by atoms with van der Waals surface area (Å²) in [6, 6.07) is 8.00. The molecule has 0 aliphatic carbocycles. The molecule has 0 aromatic heterocycles. The van der Waals surface area contributed by atoms with Crippen molar-refractivity contribution in [3.05, 3.63) is 29.8 Å². The van der Waals surface area contributed by atoms with Gasteiger partial charge in [0.25, 0.3) is 0 Å². The Morgan fingerprint density at radius 2 is 1.85 bits per heavy atom. The Morgan fingerprint density at radius 3 is 2.48 bits per heavy atom. The van der Waals surface area contributed by atoms with E-state index >= 15 is 0 Å². The molecule has 0 unspecified atom stereocenters. The van der Waals surface area contributed by atoms with Gasteiger partial charge in [0, 0.05) is 19.5 Å². The molecule has 1 amide bonds. The second-order valence-electron chi connectivity index (χ2n) is 7.16. The molecule has 1 aromatic rings. The van der Waals surface area contributed by atoms with Crippen molar-refractivity contribution in [1.29, 1.82) is 0 Å². The van der Waals surface area contributed by atoms with Crippen molar-refractivity contribution in [2.45, 2.75) is 38.6 Å². The number of hydrogen-bond donors (Lipinski definition) is 2. The second-order valence-corrected chi connectivity index (χ2v) is 7.16. The van der Waals surface area contributed by atoms with Gasteiger partial charge >= 0.3 is 0 Å². The van der Waals surface area contributed by atoms with Gasteiger partial charge in [-0.05, 0) is 76.5 Å². The van der Waals surface area contributed by atoms with E-state index in [-0.39, 0.29) is 30.7 Å². The van der Waals surface area contributed by atoms with E-state index in [1.807, 2.05) is 24.3 Å². The molecule has 1 fully saturated rings. The highest BCUT2D eigenvalue weighted by Crippen LogP contribution is 2.17. The molecule has 1 aromatic carbocycles. The lowest BCUT2D eigenvalue weighted by Crippen LogP contribution is -2.29. The number of halogens is 2. The zero-order chi connectivity index (χ0) is 17.9. The Labute approximate surface area is 176 Å². The number of piperidine rings is 1. The molecule has 1 saturated heterocycles. The van der Waals surface area contributed by atoms with Crippen molar-refractivity contribution in [3.8, 4) is 5.75 Å². The largest absolute Gasteiger partial charge is 0.494 e. The maximum Gasteiger partial charge on any atom is 0.220 e. The second kappa shape index (κ2) is 15.0. The minimum Gasteiger partial charge on any atom is -0.494 e. The van der Waals surface area contributed by atoms with Crippen LogP contribution < -0.4 is 15.4 Å². The predicted molar refractivity (Wildman–Crippen MR) is 116 cm³/mol. The third-order valence-electron chi connectivity index (χ3n) is 4.67. The summed E-state index contributed by atoms with van der Waals surface area (Å²) in [5.41, 5.74) is 1.11. The van der Waals surface area contributed by atoms with E-state index in [0.717, 1.165) is 50.4 Å². The zero-order valence-corrected chi connectivity index (χ0v) is 18.2. The third-order valence-corrected chi connectivity index (χ3v) is 4.67. The number of benzene rings is 1. The Hall–Kier alpha value is -1.01. The summed E-state index contributed by atoms with van der Waals surface area (Å²) in [4.78, 5) is 14.2. The normalized spacial score (nSPS) is 14.2. The van der Waals surface area contributed by atoms with Crippen LogP contribution in [0.3, 0.4) is 0 Å². The number of rotatable bonds is 10. The third kappa shape index (κ3) is 11.4. The summed E-state index contributed by atoms with van der Waals surface area (Å²) in [6.45, 7) is 4.53. The first-order valence-corrected chi connectivity index (χ1v) is 9.47. The predicted octanol–water partition coefficient (Wildman–Crippen LogP) is 3.26. The minimum absolute atomic E-state index is 0. The summed E-state index contributed by atoms with van der Waals surface area (Å²) >= 11 is 0. The van der Waals surface area contributed by atoms with Crippen LogP contribution in [0.15, 0.2) is 24.3 Å². The lowest BCUT2D eigenvalue weighted by Gasteiger charge is -2.22. The van der Waals surface area contributed by atoms with Crippen molar-refractivity contribution in [2.75, 3.05) is 40.3 Å². The van der Waals surface area contributed by atoms with Gasteiger partial charge < -0.3 is 20.3 Å². The van der Waals surface area contributed by atoms with Gasteiger partial charge in [0.05, 0.1) is 6.61 Å². The Morgan fingerprint density at radius 1 is 1.19 bits per heavy atom. The van der Waals surface area contributed by atoms with Crippen molar-refractivity contribution >= 4 is 30.7 Å². The Balaban J connectivity index is 0.00000338. The van der Waals surface area contributed by atoms with Gasteiger partial charge in [-0.3, -0.25) is 4.79 Å². The monoisotopic (exact) mass is 419 g/mol. The molecular formula is C20H35Cl2N3O2. The van der Waals surface area contributed by atoms with Gasteiger partial charge in [-0.1, -0.05) is 12.1 Å². The molecule has 0 radical (unpaired) electrons. The highest BCUT2D eigenvalue weighted by molar-refractivity contribution is 5.85. The smallest absolute Gasteiger partial charge is 0.220 e. The molecule has 1 aliphatic heterocycles. The SMILES string of the molecule is CN(C)CCCOc1ccc(CNC(=O)CCC2CCNCC2)cc1.Cl.Cl. The molecule has 5 nitrogen and oxygen atoms in total. The molecule has 27 heavy (non-hydrogen) atoms. The first-order chi connectivity index (χ1) is 12.1. The molecule has 0 saturated carbocycles. The lowest BCUT2D eigenvalue weighted by atomic mass is 9.93. The number of carbonyl (C=O) groups is 1. The number of ether oxygens (including phenoxy) is 1. The number of carbonyl (C=O) groups excluding carboxylic acids is 1. The first kappa shape index (κ1) is 26.0. The average molecular weight is 420 g/mol. The Kier molecular flexibility index (Phi) is 14.4. The molecule has 7 heteroatoms. The summed E-state index contributed by atoms with van der Waals surface area (Å²) in [5, 5.41) is 6.38. The summed E-state index contributed by atoms with van der Waals surface area (Å²) in [7, 11) is 4.13. The topological polar surface area (TPSA) is 53.6 Å². The maximum atomic E-state index is 12.0. The van der Waals surface area contributed by atoms with Gasteiger partial charge in [-0.2, -0.15) is 0 Å². The van der Waals surface area contributed by atoms with E-state index in [4.69, 9.17) is 4.74 Å². The number of hydrogen-bond acceptors (Lipinski definition) is 4. The molecule has 1 aliphatic rings. The molecule has 2 rings (SSSR count). The zero-order valence-electron chi connectivity index (χ0n) is 16.5. The van der Waals surface area contributed by atoms with Crippen molar-refractivity contribution in [3.63, 3.8) is 0 Å². The van der Waals surface area contributed by atoms with Crippen LogP contribution in [0.1, 0.15) is 37.7 Å². The summed E-state index contributed by atoms with van der Waals surface area (Å²) < 4.78 is 5.72. The fourth-order valence-electron chi connectivity index (χ4n) is 3.07. The van der Waals surface area contributed by atoms with Crippen LogP contribution in [-0.2, 0) is 11.3 Å². The molecule has 0 atom stereocenters. The van der Waals surface area contributed by atoms with Crippen LogP contribution in [0.4, 0.5) is 0 Å². The minimum atomic E-state index is 0. The Bertz CT molecular complexity index is 506. The van der Waals surface area contributed by atoms with E-state index < -0.39 is 0 Å². The number of nitrogens with zero attached hydrogens (tertiary/aromatic N) is 1. The number of nitrogens with one attached hydrogen (secondary N) is 2. The van der Waals surface area contributed by atoms with E-state index in [1.165, 1.54) is 12.8 Å². The van der Waals surface area contributed by atoms with Crippen LogP contribution in [0, 0.1) is 5.92 Å². The molecule has 1 heterocycles. The maximum absolute atomic E-state index is 12.0. The fourth-order valence-corrected chi connectivity index (χ4v) is 3.07. The van der Waals surface area contributed by atoms with E-state index in [9.17, 15) is 4.79 Å². The van der Waals surface area contributed by atoms with Gasteiger partial charge in [-0.25, -0.2) is 0 Å². The van der Waals surface area contributed by atoms with E-state index in [2.05, 4.69) is 29.6 Å². The van der Waals surface area contributed by atoms with Crippen LogP contribution >= 0.6 is 24.8 Å². The lowest BCUT2D eigenvalue weighted by molar-refractivity contribution is -0.121. The molecular weight excluding hydrogens is 385 g/mol. The van der Waals surface area contributed by atoms with Gasteiger partial charge in [0.2, 0.25) is 5.91 Å². The summed E-state index contributed by atoms with van der Waals surface area (Å²) in [5.74, 6) is 1.75. The molecule has 0 spiro atoms. The number of amides is 1. The molecule has 156 valence electrons. The van der Waals surface area contributed by atoms with Crippen LogP contribution in [0.25, 0.3) is 0 Å². The van der Waals surface area contributed by atoms with Crippen LogP contribution in [-0.4, -0.2) is 51.1 Å². The highest BCUT2D eigenvalue weighted by atomic mass is 35.5. The van der Waals surface area contributed by atoms with Crippen LogP contribution in [0.2, 0.25) is 0 Å². The highest BCUT2D eigenvalue weighted by Gasteiger charge is 2.14. The van der Waals surface area contributed by atoms with Crippen molar-refractivity contribution in [1.82, 2.24) is 15.5 Å². The van der Waals surface area contributed by atoms with Crippen molar-refractivity contribution in [2.24, 2.45) is 5.92 Å². The fraction of sp³-hybridized carbons (Fsp3) is 0.650. The van der Waals surface area contributed by atoms with Crippen LogP contribution in [0.5, 0.6) is 5.75 Å². The standard InChI is InChI=1S/C20H33N3O2.2ClH/c1-23(2)14-3-15-25-19-7-4-18(5-8-19)16-22-20(24)9-6-17-10-12-21-13-11-17;;/h4-5,7-8,17,21H,3,6,9-16H2,1-2H3,(H,22,24);2*1H. The van der Waals surface area contributed by atoms with Gasteiger partial charge in [0.1, 0.15) is 5.75 Å². The van der Waals surface area contributed by atoms with Gasteiger partial charge in [0.15, 0.2) is 0 Å². The van der Waals surface area contributed by atoms with E-state index in [0.29, 0.717) is 18.9 Å². The molecule has 0 bridgehead atoms. The summed E-state index contributed by atoms with van der Waals surface area (Å²) in [6.07, 6.45) is 5.05. The first-order valence-electron chi connectivity index (χ1n) is 9.47. The van der Waals surface area contributed by atoms with Crippen molar-refractivity contribution < 1.29 is 9.53 Å². The quantitative estimate of drug-likeness (QED) is 0.571. The van der Waals surface area contributed by atoms with Gasteiger partial charge in [-0.15, -0.1) is 24.8 Å². The average Bonchev–Trinajstić information content (AvgIpc) is 2.63.